The Morgan fingerprint density at radius 3 is 2.78 bits per heavy atom. The third kappa shape index (κ3) is 3.57. The van der Waals surface area contributed by atoms with Gasteiger partial charge in [-0.1, -0.05) is 12.1 Å². The maximum atomic E-state index is 5.66. The average Bonchev–Trinajstić information content (AvgIpc) is 2.82. The molecule has 0 aliphatic carbocycles. The van der Waals surface area contributed by atoms with Gasteiger partial charge in [0.25, 0.3) is 0 Å². The minimum absolute atomic E-state index is 0.597. The summed E-state index contributed by atoms with van der Waals surface area (Å²) in [6, 6.07) is 12.7. The van der Waals surface area contributed by atoms with Crippen LogP contribution in [0.1, 0.15) is 10.4 Å². The fraction of sp³-hybridized carbons (Fsp3) is 0.286. The van der Waals surface area contributed by atoms with Gasteiger partial charge in [-0.15, -0.1) is 11.3 Å². The van der Waals surface area contributed by atoms with Crippen LogP contribution in [-0.4, -0.2) is 13.6 Å². The van der Waals surface area contributed by atoms with E-state index in [4.69, 9.17) is 5.73 Å². The summed E-state index contributed by atoms with van der Waals surface area (Å²) in [4.78, 5) is 3.68. The maximum Gasteiger partial charge on any atom is 0.0701 e. The van der Waals surface area contributed by atoms with Crippen molar-refractivity contribution < 1.29 is 0 Å². The van der Waals surface area contributed by atoms with E-state index >= 15 is 0 Å². The Bertz CT molecular complexity index is 510. The van der Waals surface area contributed by atoms with Gasteiger partial charge < -0.3 is 10.6 Å². The Morgan fingerprint density at radius 1 is 1.28 bits per heavy atom. The van der Waals surface area contributed by atoms with Gasteiger partial charge in [0.15, 0.2) is 0 Å². The van der Waals surface area contributed by atoms with E-state index in [9.17, 15) is 0 Å². The van der Waals surface area contributed by atoms with E-state index in [1.807, 2.05) is 0 Å². The lowest BCUT2D eigenvalue weighted by atomic mass is 10.2. The summed E-state index contributed by atoms with van der Waals surface area (Å²) in [5.41, 5.74) is 8.07. The molecule has 0 unspecified atom stereocenters. The second-order valence-electron chi connectivity index (χ2n) is 4.25. The molecule has 0 amide bonds. The molecule has 96 valence electrons. The maximum absolute atomic E-state index is 5.66. The van der Waals surface area contributed by atoms with Crippen LogP contribution in [0.2, 0.25) is 0 Å². The van der Waals surface area contributed by atoms with Gasteiger partial charge in [0.1, 0.15) is 0 Å². The van der Waals surface area contributed by atoms with Crippen molar-refractivity contribution in [1.82, 2.24) is 0 Å². The number of benzene rings is 1. The molecule has 18 heavy (non-hydrogen) atoms. The van der Waals surface area contributed by atoms with Gasteiger partial charge >= 0.3 is 0 Å². The molecular formula is C14H17BrN2S. The molecule has 0 saturated carbocycles. The molecule has 0 radical (unpaired) electrons. The van der Waals surface area contributed by atoms with Gasteiger partial charge in [-0.25, -0.2) is 0 Å². The standard InChI is InChI=1S/C14H17BrN2S/c1-17(8-7-13-5-6-14(15)18-13)12-4-2-3-11(9-12)10-16/h2-6,9H,7-8,10,16H2,1H3. The average molecular weight is 325 g/mol. The van der Waals surface area contributed by atoms with Gasteiger partial charge in [0.05, 0.1) is 3.79 Å². The quantitative estimate of drug-likeness (QED) is 0.909. The SMILES string of the molecule is CN(CCc1ccc(Br)s1)c1cccc(CN)c1. The van der Waals surface area contributed by atoms with Crippen molar-refractivity contribution in [3.8, 4) is 0 Å². The van der Waals surface area contributed by atoms with Crippen LogP contribution in [0.15, 0.2) is 40.2 Å². The van der Waals surface area contributed by atoms with Gasteiger partial charge in [-0.05, 0) is 52.2 Å². The van der Waals surface area contributed by atoms with Gasteiger partial charge in [0.2, 0.25) is 0 Å². The predicted octanol–water partition coefficient (Wildman–Crippen LogP) is 3.65. The molecule has 0 aliphatic rings. The molecule has 2 N–H and O–H groups in total. The van der Waals surface area contributed by atoms with Crippen LogP contribution in [0.25, 0.3) is 0 Å². The van der Waals surface area contributed by atoms with Crippen LogP contribution in [0.5, 0.6) is 0 Å². The molecule has 2 nitrogen and oxygen atoms in total. The molecule has 1 aromatic heterocycles. The van der Waals surface area contributed by atoms with Gasteiger partial charge in [0, 0.05) is 30.7 Å². The van der Waals surface area contributed by atoms with Crippen LogP contribution in [0.3, 0.4) is 0 Å². The first-order valence-corrected chi connectivity index (χ1v) is 7.54. The highest BCUT2D eigenvalue weighted by Crippen LogP contribution is 2.23. The van der Waals surface area contributed by atoms with E-state index < -0.39 is 0 Å². The molecule has 2 aromatic rings. The Labute approximate surface area is 121 Å². The zero-order valence-electron chi connectivity index (χ0n) is 10.4. The number of hydrogen-bond donors (Lipinski definition) is 1. The fourth-order valence-electron chi connectivity index (χ4n) is 1.81. The number of thiophene rings is 1. The number of halogens is 1. The summed E-state index contributed by atoms with van der Waals surface area (Å²) in [5, 5.41) is 0. The lowest BCUT2D eigenvalue weighted by Gasteiger charge is -2.19. The van der Waals surface area contributed by atoms with Crippen molar-refractivity contribution in [2.45, 2.75) is 13.0 Å². The first kappa shape index (κ1) is 13.6. The Kier molecular flexibility index (Phi) is 4.80. The van der Waals surface area contributed by atoms with Crippen LogP contribution in [-0.2, 0) is 13.0 Å². The van der Waals surface area contributed by atoms with E-state index in [1.54, 1.807) is 11.3 Å². The van der Waals surface area contributed by atoms with Crippen molar-refractivity contribution in [3.05, 3.63) is 50.6 Å². The topological polar surface area (TPSA) is 29.3 Å². The summed E-state index contributed by atoms with van der Waals surface area (Å²) in [6.45, 7) is 1.61. The summed E-state index contributed by atoms with van der Waals surface area (Å²) < 4.78 is 1.20. The molecule has 0 bridgehead atoms. The summed E-state index contributed by atoms with van der Waals surface area (Å²) in [5.74, 6) is 0. The molecule has 1 aromatic carbocycles. The minimum Gasteiger partial charge on any atom is -0.374 e. The lowest BCUT2D eigenvalue weighted by Crippen LogP contribution is -2.20. The number of hydrogen-bond acceptors (Lipinski definition) is 3. The first-order valence-electron chi connectivity index (χ1n) is 5.93. The monoisotopic (exact) mass is 324 g/mol. The molecule has 0 spiro atoms. The summed E-state index contributed by atoms with van der Waals surface area (Å²) in [6.07, 6.45) is 1.07. The Balaban J connectivity index is 1.96. The molecule has 0 aliphatic heterocycles. The molecule has 2 rings (SSSR count). The number of rotatable bonds is 5. The highest BCUT2D eigenvalue weighted by molar-refractivity contribution is 9.11. The summed E-state index contributed by atoms with van der Waals surface area (Å²) >= 11 is 5.30. The molecule has 0 fully saturated rings. The molecule has 0 atom stereocenters. The number of likely N-dealkylation sites (N-methyl/N-ethyl adjacent to an activating group) is 1. The van der Waals surface area contributed by atoms with Crippen LogP contribution in [0, 0.1) is 0 Å². The highest BCUT2D eigenvalue weighted by Gasteiger charge is 2.03. The zero-order valence-corrected chi connectivity index (χ0v) is 12.8. The molecule has 1 heterocycles. The van der Waals surface area contributed by atoms with Crippen LogP contribution in [0.4, 0.5) is 5.69 Å². The summed E-state index contributed by atoms with van der Waals surface area (Å²) in [7, 11) is 2.12. The predicted molar refractivity (Wildman–Crippen MR) is 83.3 cm³/mol. The normalized spacial score (nSPS) is 10.6. The lowest BCUT2D eigenvalue weighted by molar-refractivity contribution is 0.885. The highest BCUT2D eigenvalue weighted by atomic mass is 79.9. The third-order valence-electron chi connectivity index (χ3n) is 2.91. The van der Waals surface area contributed by atoms with Gasteiger partial charge in [-0.3, -0.25) is 0 Å². The van der Waals surface area contributed by atoms with Crippen molar-refractivity contribution in [2.24, 2.45) is 5.73 Å². The van der Waals surface area contributed by atoms with E-state index in [0.717, 1.165) is 13.0 Å². The Morgan fingerprint density at radius 2 is 2.11 bits per heavy atom. The van der Waals surface area contributed by atoms with Crippen molar-refractivity contribution in [1.29, 1.82) is 0 Å². The zero-order chi connectivity index (χ0) is 13.0. The van der Waals surface area contributed by atoms with E-state index in [0.29, 0.717) is 6.54 Å². The number of anilines is 1. The van der Waals surface area contributed by atoms with E-state index in [1.165, 1.54) is 19.9 Å². The number of nitrogens with zero attached hydrogens (tertiary/aromatic N) is 1. The third-order valence-corrected chi connectivity index (χ3v) is 4.59. The van der Waals surface area contributed by atoms with Gasteiger partial charge in [-0.2, -0.15) is 0 Å². The first-order chi connectivity index (χ1) is 8.69. The van der Waals surface area contributed by atoms with Crippen molar-refractivity contribution >= 4 is 33.0 Å². The van der Waals surface area contributed by atoms with Crippen molar-refractivity contribution in [3.63, 3.8) is 0 Å². The van der Waals surface area contributed by atoms with Crippen LogP contribution < -0.4 is 10.6 Å². The van der Waals surface area contributed by atoms with Crippen LogP contribution >= 0.6 is 27.3 Å². The van der Waals surface area contributed by atoms with Crippen molar-refractivity contribution in [2.75, 3.05) is 18.5 Å². The Hall–Kier alpha value is -0.840. The largest absolute Gasteiger partial charge is 0.374 e. The fourth-order valence-corrected chi connectivity index (χ4v) is 3.29. The smallest absolute Gasteiger partial charge is 0.0701 e. The second kappa shape index (κ2) is 6.36. The number of nitrogens with two attached hydrogens (primary N) is 1. The van der Waals surface area contributed by atoms with E-state index in [2.05, 4.69) is 64.3 Å². The van der Waals surface area contributed by atoms with E-state index in [-0.39, 0.29) is 0 Å². The second-order valence-corrected chi connectivity index (χ2v) is 6.80. The molecule has 4 heteroatoms. The minimum atomic E-state index is 0.597. The molecule has 0 saturated heterocycles. The molecular weight excluding hydrogens is 308 g/mol.